The predicted molar refractivity (Wildman–Crippen MR) is 84.8 cm³/mol. The van der Waals surface area contributed by atoms with Crippen molar-refractivity contribution in [1.82, 2.24) is 24.3 Å². The summed E-state index contributed by atoms with van der Waals surface area (Å²) in [7, 11) is 0. The number of aromatic hydroxyl groups is 1. The van der Waals surface area contributed by atoms with Crippen molar-refractivity contribution in [3.63, 3.8) is 0 Å². The molecule has 6 nitrogen and oxygen atoms in total. The van der Waals surface area contributed by atoms with Crippen molar-refractivity contribution in [2.24, 2.45) is 0 Å². The number of hydrogen-bond donors (Lipinski definition) is 1. The number of imidazole rings is 1. The van der Waals surface area contributed by atoms with E-state index in [0.29, 0.717) is 11.3 Å². The zero-order valence-corrected chi connectivity index (χ0v) is 13.1. The normalized spacial score (nSPS) is 11.2. The van der Waals surface area contributed by atoms with E-state index >= 15 is 0 Å². The molecule has 0 saturated carbocycles. The van der Waals surface area contributed by atoms with Crippen molar-refractivity contribution in [3.8, 4) is 17.4 Å². The number of halogens is 3. The van der Waals surface area contributed by atoms with Gasteiger partial charge in [-0.2, -0.15) is 9.37 Å². The van der Waals surface area contributed by atoms with Gasteiger partial charge in [0.1, 0.15) is 5.69 Å². The molecular formula is C17H10F3N5O. The number of aromatic nitrogens is 5. The van der Waals surface area contributed by atoms with Crippen LogP contribution in [-0.2, 0) is 6.42 Å². The van der Waals surface area contributed by atoms with Gasteiger partial charge in [0, 0.05) is 25.0 Å². The maximum absolute atomic E-state index is 14.0. The smallest absolute Gasteiger partial charge is 0.251 e. The van der Waals surface area contributed by atoms with Crippen LogP contribution >= 0.6 is 0 Å². The second-order valence-corrected chi connectivity index (χ2v) is 5.49. The van der Waals surface area contributed by atoms with Crippen LogP contribution in [0.2, 0.25) is 0 Å². The molecule has 0 aliphatic rings. The number of rotatable bonds is 3. The molecular weight excluding hydrogens is 347 g/mol. The molecule has 130 valence electrons. The van der Waals surface area contributed by atoms with Crippen LogP contribution in [0.15, 0.2) is 43.0 Å². The summed E-state index contributed by atoms with van der Waals surface area (Å²) in [6, 6.07) is 3.89. The first kappa shape index (κ1) is 16.0. The highest BCUT2D eigenvalue weighted by Crippen LogP contribution is 2.22. The molecule has 0 unspecified atom stereocenters. The minimum Gasteiger partial charge on any atom is -0.491 e. The number of fused-ring (bicyclic) bond motifs is 1. The maximum atomic E-state index is 14.0. The van der Waals surface area contributed by atoms with E-state index in [2.05, 4.69) is 19.9 Å². The quantitative estimate of drug-likeness (QED) is 0.610. The van der Waals surface area contributed by atoms with Crippen molar-refractivity contribution in [2.75, 3.05) is 0 Å². The molecule has 0 radical (unpaired) electrons. The molecule has 1 aromatic carbocycles. The van der Waals surface area contributed by atoms with E-state index in [-0.39, 0.29) is 23.5 Å². The first-order valence-corrected chi connectivity index (χ1v) is 7.50. The fourth-order valence-electron chi connectivity index (χ4n) is 2.57. The summed E-state index contributed by atoms with van der Waals surface area (Å²) >= 11 is 0. The van der Waals surface area contributed by atoms with E-state index in [1.807, 2.05) is 0 Å². The maximum Gasteiger partial charge on any atom is 0.251 e. The van der Waals surface area contributed by atoms with E-state index in [1.54, 1.807) is 16.8 Å². The lowest BCUT2D eigenvalue weighted by Gasteiger charge is -2.08. The third-order valence-electron chi connectivity index (χ3n) is 3.79. The Morgan fingerprint density at radius 3 is 2.69 bits per heavy atom. The van der Waals surface area contributed by atoms with Gasteiger partial charge >= 0.3 is 0 Å². The van der Waals surface area contributed by atoms with Gasteiger partial charge in [0.05, 0.1) is 11.9 Å². The Balaban J connectivity index is 1.85. The lowest BCUT2D eigenvalue weighted by Crippen LogP contribution is -2.04. The van der Waals surface area contributed by atoms with Crippen LogP contribution in [0.3, 0.4) is 0 Å². The molecule has 0 aliphatic heterocycles. The van der Waals surface area contributed by atoms with E-state index in [0.717, 1.165) is 12.3 Å². The standard InChI is InChI=1S/C17H10F3N5O/c18-10-3-1-2-9(14(10)20)6-12-16-21-4-5-25(16)8-13(23-12)15-22-7-11(19)17(26)24-15/h1-5,7-8H,6H2,(H,22,24,26). The van der Waals surface area contributed by atoms with Gasteiger partial charge < -0.3 is 9.51 Å². The summed E-state index contributed by atoms with van der Waals surface area (Å²) in [5.41, 5.74) is 1.13. The third-order valence-corrected chi connectivity index (χ3v) is 3.79. The molecule has 3 aromatic heterocycles. The fraction of sp³-hybridized carbons (Fsp3) is 0.0588. The molecule has 0 atom stereocenters. The van der Waals surface area contributed by atoms with E-state index in [1.165, 1.54) is 18.3 Å². The Morgan fingerprint density at radius 1 is 1.04 bits per heavy atom. The Hall–Kier alpha value is -3.49. The minimum atomic E-state index is -0.959. The summed E-state index contributed by atoms with van der Waals surface area (Å²) in [5, 5.41) is 9.44. The molecule has 0 spiro atoms. The highest BCUT2D eigenvalue weighted by molar-refractivity contribution is 5.55. The molecule has 3 heterocycles. The average molecular weight is 357 g/mol. The molecule has 0 aliphatic carbocycles. The molecule has 0 fully saturated rings. The Morgan fingerprint density at radius 2 is 1.88 bits per heavy atom. The Labute approximate surface area is 144 Å². The van der Waals surface area contributed by atoms with Crippen LogP contribution in [0.5, 0.6) is 5.88 Å². The second kappa shape index (κ2) is 6.10. The van der Waals surface area contributed by atoms with E-state index in [4.69, 9.17) is 0 Å². The van der Waals surface area contributed by atoms with Gasteiger partial charge in [-0.25, -0.2) is 23.7 Å². The lowest BCUT2D eigenvalue weighted by atomic mass is 10.1. The molecule has 9 heteroatoms. The van der Waals surface area contributed by atoms with Gasteiger partial charge in [-0.05, 0) is 11.6 Å². The van der Waals surface area contributed by atoms with Crippen molar-refractivity contribution < 1.29 is 18.3 Å². The van der Waals surface area contributed by atoms with Crippen molar-refractivity contribution in [3.05, 3.63) is 71.7 Å². The average Bonchev–Trinajstić information content (AvgIpc) is 3.10. The Bertz CT molecular complexity index is 1130. The van der Waals surface area contributed by atoms with Crippen LogP contribution in [0.1, 0.15) is 11.3 Å². The molecule has 0 bridgehead atoms. The highest BCUT2D eigenvalue weighted by Gasteiger charge is 2.16. The third kappa shape index (κ3) is 2.73. The van der Waals surface area contributed by atoms with E-state index < -0.39 is 23.3 Å². The Kier molecular flexibility index (Phi) is 3.76. The summed E-state index contributed by atoms with van der Waals surface area (Å²) in [5.74, 6) is -3.69. The van der Waals surface area contributed by atoms with Crippen LogP contribution < -0.4 is 0 Å². The zero-order valence-electron chi connectivity index (χ0n) is 13.1. The molecule has 1 N–H and O–H groups in total. The first-order valence-electron chi connectivity index (χ1n) is 7.50. The second-order valence-electron chi connectivity index (χ2n) is 5.49. The van der Waals surface area contributed by atoms with Crippen LogP contribution in [-0.4, -0.2) is 29.4 Å². The fourth-order valence-corrected chi connectivity index (χ4v) is 2.57. The highest BCUT2D eigenvalue weighted by atomic mass is 19.2. The van der Waals surface area contributed by atoms with Gasteiger partial charge in [0.2, 0.25) is 5.82 Å². The number of nitrogens with zero attached hydrogens (tertiary/aromatic N) is 5. The largest absolute Gasteiger partial charge is 0.491 e. The lowest BCUT2D eigenvalue weighted by molar-refractivity contribution is 0.409. The first-order chi connectivity index (χ1) is 12.5. The summed E-state index contributed by atoms with van der Waals surface area (Å²) in [6.45, 7) is 0. The van der Waals surface area contributed by atoms with Crippen molar-refractivity contribution >= 4 is 5.65 Å². The van der Waals surface area contributed by atoms with Crippen LogP contribution in [0.4, 0.5) is 13.2 Å². The van der Waals surface area contributed by atoms with Crippen LogP contribution in [0.25, 0.3) is 17.2 Å². The number of hydrogen-bond acceptors (Lipinski definition) is 5. The summed E-state index contributed by atoms with van der Waals surface area (Å²) < 4.78 is 42.3. The van der Waals surface area contributed by atoms with Gasteiger partial charge in [-0.15, -0.1) is 0 Å². The SMILES string of the molecule is Oc1nc(-c2cn3ccnc3c(Cc3cccc(F)c3F)n2)ncc1F. The number of benzene rings is 1. The molecule has 4 aromatic rings. The van der Waals surface area contributed by atoms with Gasteiger partial charge in [-0.1, -0.05) is 12.1 Å². The molecule has 4 rings (SSSR count). The predicted octanol–water partition coefficient (Wildman–Crippen LogP) is 2.90. The molecule has 0 amide bonds. The topological polar surface area (TPSA) is 76.2 Å². The van der Waals surface area contributed by atoms with Crippen molar-refractivity contribution in [1.29, 1.82) is 0 Å². The molecule has 26 heavy (non-hydrogen) atoms. The van der Waals surface area contributed by atoms with Gasteiger partial charge in [0.25, 0.3) is 5.88 Å². The van der Waals surface area contributed by atoms with E-state index in [9.17, 15) is 18.3 Å². The minimum absolute atomic E-state index is 0.0135. The van der Waals surface area contributed by atoms with Gasteiger partial charge in [0.15, 0.2) is 23.1 Å². The van der Waals surface area contributed by atoms with Crippen molar-refractivity contribution in [2.45, 2.75) is 6.42 Å². The summed E-state index contributed by atoms with van der Waals surface area (Å²) in [4.78, 5) is 16.0. The zero-order chi connectivity index (χ0) is 18.3. The van der Waals surface area contributed by atoms with Crippen LogP contribution in [0, 0.1) is 17.5 Å². The molecule has 0 saturated heterocycles. The van der Waals surface area contributed by atoms with Gasteiger partial charge in [-0.3, -0.25) is 0 Å². The monoisotopic (exact) mass is 357 g/mol. The summed E-state index contributed by atoms with van der Waals surface area (Å²) in [6.07, 6.45) is 5.50.